The van der Waals surface area contributed by atoms with Crippen LogP contribution in [0, 0.1) is 6.92 Å². The predicted octanol–water partition coefficient (Wildman–Crippen LogP) is 3.90. The molecule has 0 radical (unpaired) electrons. The van der Waals surface area contributed by atoms with Crippen LogP contribution in [0.5, 0.6) is 5.75 Å². The second-order valence-electron chi connectivity index (χ2n) is 7.22. The molecule has 3 aromatic rings. The molecule has 152 valence electrons. The van der Waals surface area contributed by atoms with Gasteiger partial charge in [0.2, 0.25) is 0 Å². The minimum atomic E-state index is -0.370. The van der Waals surface area contributed by atoms with Crippen molar-refractivity contribution >= 4 is 27.5 Å². The smallest absolute Gasteiger partial charge is 0.337 e. The number of aromatic nitrogens is 2. The van der Waals surface area contributed by atoms with Crippen molar-refractivity contribution in [1.82, 2.24) is 9.55 Å². The second kappa shape index (κ2) is 8.37. The topological polar surface area (TPSA) is 70.4 Å². The third kappa shape index (κ3) is 3.92. The van der Waals surface area contributed by atoms with Crippen LogP contribution in [0.1, 0.15) is 45.9 Å². The highest BCUT2D eigenvalue weighted by molar-refractivity contribution is 7.18. The normalized spacial score (nSPS) is 13.3. The Labute approximate surface area is 173 Å². The van der Waals surface area contributed by atoms with Gasteiger partial charge in [-0.25, -0.2) is 9.78 Å². The van der Waals surface area contributed by atoms with Gasteiger partial charge >= 0.3 is 5.97 Å². The van der Waals surface area contributed by atoms with E-state index in [-0.39, 0.29) is 11.5 Å². The maximum absolute atomic E-state index is 13.1. The molecular formula is C22H24N2O4S. The summed E-state index contributed by atoms with van der Waals surface area (Å²) in [7, 11) is 1.36. The van der Waals surface area contributed by atoms with E-state index in [2.05, 4.69) is 4.74 Å². The number of nitrogens with zero attached hydrogens (tertiary/aromatic N) is 2. The van der Waals surface area contributed by atoms with E-state index in [4.69, 9.17) is 9.72 Å². The van der Waals surface area contributed by atoms with Gasteiger partial charge in [0.15, 0.2) is 0 Å². The van der Waals surface area contributed by atoms with E-state index >= 15 is 0 Å². The number of rotatable bonds is 6. The minimum Gasteiger partial charge on any atom is -0.494 e. The van der Waals surface area contributed by atoms with E-state index < -0.39 is 0 Å². The molecule has 1 aliphatic rings. The molecule has 0 saturated carbocycles. The van der Waals surface area contributed by atoms with E-state index in [9.17, 15) is 9.59 Å². The number of fused-ring (bicyclic) bond motifs is 3. The zero-order chi connectivity index (χ0) is 20.4. The number of methoxy groups -OCH3 is 1. The summed E-state index contributed by atoms with van der Waals surface area (Å²) in [5, 5.41) is 0.828. The Bertz CT molecular complexity index is 1100. The van der Waals surface area contributed by atoms with Crippen molar-refractivity contribution in [3.63, 3.8) is 0 Å². The molecule has 0 N–H and O–H groups in total. The molecule has 7 heteroatoms. The van der Waals surface area contributed by atoms with Gasteiger partial charge in [-0.2, -0.15) is 0 Å². The molecule has 2 heterocycles. The predicted molar refractivity (Wildman–Crippen MR) is 113 cm³/mol. The first kappa shape index (κ1) is 19.6. The average Bonchev–Trinajstić information content (AvgIpc) is 3.11. The van der Waals surface area contributed by atoms with Gasteiger partial charge in [-0.05, 0) is 68.9 Å². The summed E-state index contributed by atoms with van der Waals surface area (Å²) in [6.07, 6.45) is 5.09. The molecule has 0 amide bonds. The van der Waals surface area contributed by atoms with Crippen molar-refractivity contribution < 1.29 is 14.3 Å². The zero-order valence-electron chi connectivity index (χ0n) is 16.7. The number of hydrogen-bond donors (Lipinski definition) is 0. The van der Waals surface area contributed by atoms with Crippen LogP contribution in [0.25, 0.3) is 10.2 Å². The first-order valence-electron chi connectivity index (χ1n) is 9.91. The third-order valence-electron chi connectivity index (χ3n) is 5.34. The van der Waals surface area contributed by atoms with Gasteiger partial charge in [0.25, 0.3) is 5.56 Å². The molecular weight excluding hydrogens is 388 g/mol. The average molecular weight is 413 g/mol. The number of esters is 1. The Morgan fingerprint density at radius 2 is 1.97 bits per heavy atom. The molecule has 1 aromatic carbocycles. The summed E-state index contributed by atoms with van der Waals surface area (Å²) in [6.45, 7) is 2.94. The highest BCUT2D eigenvalue weighted by Crippen LogP contribution is 2.33. The van der Waals surface area contributed by atoms with Crippen molar-refractivity contribution in [2.24, 2.45) is 0 Å². The van der Waals surface area contributed by atoms with Crippen LogP contribution in [0.15, 0.2) is 29.1 Å². The van der Waals surface area contributed by atoms with E-state index in [1.165, 1.54) is 24.0 Å². The molecule has 29 heavy (non-hydrogen) atoms. The van der Waals surface area contributed by atoms with E-state index in [1.54, 1.807) is 40.2 Å². The van der Waals surface area contributed by atoms with E-state index in [0.29, 0.717) is 30.9 Å². The van der Waals surface area contributed by atoms with Crippen molar-refractivity contribution in [3.8, 4) is 5.75 Å². The summed E-state index contributed by atoms with van der Waals surface area (Å²) in [5.74, 6) is 1.07. The molecule has 6 nitrogen and oxygen atoms in total. The van der Waals surface area contributed by atoms with Gasteiger partial charge in [-0.1, -0.05) is 0 Å². The van der Waals surface area contributed by atoms with Crippen LogP contribution < -0.4 is 10.3 Å². The molecule has 0 fully saturated rings. The van der Waals surface area contributed by atoms with Gasteiger partial charge < -0.3 is 9.47 Å². The Morgan fingerprint density at radius 3 is 2.72 bits per heavy atom. The van der Waals surface area contributed by atoms with E-state index in [1.807, 2.05) is 6.92 Å². The lowest BCUT2D eigenvalue weighted by Gasteiger charge is -2.12. The lowest BCUT2D eigenvalue weighted by molar-refractivity contribution is 0.0600. The van der Waals surface area contributed by atoms with Crippen LogP contribution in [-0.4, -0.2) is 29.2 Å². The van der Waals surface area contributed by atoms with Crippen LogP contribution in [-0.2, 0) is 24.1 Å². The lowest BCUT2D eigenvalue weighted by atomic mass is 9.97. The number of thiophene rings is 1. The second-order valence-corrected chi connectivity index (χ2v) is 8.31. The highest BCUT2D eigenvalue weighted by atomic mass is 32.1. The lowest BCUT2D eigenvalue weighted by Crippen LogP contribution is -2.25. The molecule has 4 rings (SSSR count). The molecule has 2 aromatic heterocycles. The highest BCUT2D eigenvalue weighted by Gasteiger charge is 2.21. The fourth-order valence-corrected chi connectivity index (χ4v) is 5.12. The molecule has 0 unspecified atom stereocenters. The van der Waals surface area contributed by atoms with Crippen LogP contribution in [0.2, 0.25) is 0 Å². The van der Waals surface area contributed by atoms with Crippen LogP contribution in [0.4, 0.5) is 0 Å². The first-order valence-corrected chi connectivity index (χ1v) is 10.7. The maximum atomic E-state index is 13.1. The molecule has 0 atom stereocenters. The van der Waals surface area contributed by atoms with Gasteiger partial charge in [0.1, 0.15) is 16.4 Å². The Balaban J connectivity index is 1.43. The van der Waals surface area contributed by atoms with Gasteiger partial charge in [-0.15, -0.1) is 11.3 Å². The molecule has 0 saturated heterocycles. The van der Waals surface area contributed by atoms with Crippen molar-refractivity contribution in [2.45, 2.75) is 45.6 Å². The summed E-state index contributed by atoms with van der Waals surface area (Å²) in [4.78, 5) is 31.5. The molecule has 0 aliphatic heterocycles. The van der Waals surface area contributed by atoms with Crippen molar-refractivity contribution in [1.29, 1.82) is 0 Å². The van der Waals surface area contributed by atoms with Crippen LogP contribution >= 0.6 is 11.3 Å². The number of aryl methyl sites for hydroxylation is 3. The SMILES string of the molecule is COC(=O)c1ccc(OCCCn2c(C)nc3sc4c(c3c2=O)CCCC4)cc1. The third-order valence-corrected chi connectivity index (χ3v) is 6.52. The van der Waals surface area contributed by atoms with Gasteiger partial charge in [0, 0.05) is 11.4 Å². The summed E-state index contributed by atoms with van der Waals surface area (Å²) >= 11 is 1.69. The molecule has 0 spiro atoms. The summed E-state index contributed by atoms with van der Waals surface area (Å²) in [6, 6.07) is 6.84. The maximum Gasteiger partial charge on any atom is 0.337 e. The largest absolute Gasteiger partial charge is 0.494 e. The standard InChI is InChI=1S/C22H24N2O4S/c1-14-23-20-19(17-6-3-4-7-18(17)29-20)21(25)24(14)12-5-13-28-16-10-8-15(9-11-16)22(26)27-2/h8-11H,3-7,12-13H2,1-2H3. The first-order chi connectivity index (χ1) is 14.1. The number of benzene rings is 1. The number of hydrogen-bond acceptors (Lipinski definition) is 6. The monoisotopic (exact) mass is 412 g/mol. The number of carbonyl (C=O) groups excluding carboxylic acids is 1. The zero-order valence-corrected chi connectivity index (χ0v) is 17.5. The summed E-state index contributed by atoms with van der Waals surface area (Å²) in [5.41, 5.74) is 1.79. The van der Waals surface area contributed by atoms with Crippen LogP contribution in [0.3, 0.4) is 0 Å². The van der Waals surface area contributed by atoms with E-state index in [0.717, 1.165) is 35.3 Å². The van der Waals surface area contributed by atoms with Crippen molar-refractivity contribution in [2.75, 3.05) is 13.7 Å². The number of carbonyl (C=O) groups is 1. The number of ether oxygens (including phenoxy) is 2. The fourth-order valence-electron chi connectivity index (χ4n) is 3.82. The molecule has 0 bridgehead atoms. The quantitative estimate of drug-likeness (QED) is 0.454. The Morgan fingerprint density at radius 1 is 1.21 bits per heavy atom. The Hall–Kier alpha value is -2.67. The van der Waals surface area contributed by atoms with Gasteiger partial charge in [0.05, 0.1) is 24.7 Å². The van der Waals surface area contributed by atoms with Crippen molar-refractivity contribution in [3.05, 3.63) is 56.4 Å². The fraction of sp³-hybridized carbons (Fsp3) is 0.409. The van der Waals surface area contributed by atoms with Gasteiger partial charge in [-0.3, -0.25) is 9.36 Å². The molecule has 1 aliphatic carbocycles. The summed E-state index contributed by atoms with van der Waals surface area (Å²) < 4.78 is 12.2. The Kier molecular flexibility index (Phi) is 5.67. The minimum absolute atomic E-state index is 0.0781.